The van der Waals surface area contributed by atoms with E-state index in [1.165, 1.54) is 5.56 Å². The minimum atomic E-state index is 0.0835. The number of amides is 1. The fraction of sp³-hybridized carbons (Fsp3) is 0.533. The van der Waals surface area contributed by atoms with Gasteiger partial charge in [-0.3, -0.25) is 4.79 Å². The van der Waals surface area contributed by atoms with Gasteiger partial charge in [0, 0.05) is 5.92 Å². The summed E-state index contributed by atoms with van der Waals surface area (Å²) < 4.78 is 5.59. The van der Waals surface area contributed by atoms with Crippen LogP contribution in [0.4, 0.5) is 0 Å². The lowest BCUT2D eigenvalue weighted by Crippen LogP contribution is -2.49. The summed E-state index contributed by atoms with van der Waals surface area (Å²) in [5.41, 5.74) is 1.17. The van der Waals surface area contributed by atoms with E-state index in [0.29, 0.717) is 19.1 Å². The van der Waals surface area contributed by atoms with Crippen molar-refractivity contribution in [3.63, 3.8) is 0 Å². The zero-order valence-corrected chi connectivity index (χ0v) is 11.6. The number of hydrogen-bond acceptors (Lipinski definition) is 3. The summed E-state index contributed by atoms with van der Waals surface area (Å²) in [6.07, 6.45) is 0. The first-order valence-corrected chi connectivity index (χ1v) is 6.84. The van der Waals surface area contributed by atoms with Gasteiger partial charge in [0.05, 0.1) is 6.54 Å². The average Bonchev–Trinajstić information content (AvgIpc) is 2.32. The minimum Gasteiger partial charge on any atom is -0.492 e. The molecule has 1 atom stereocenters. The second kappa shape index (κ2) is 6.57. The molecule has 1 aliphatic rings. The van der Waals surface area contributed by atoms with Crippen molar-refractivity contribution in [1.29, 1.82) is 0 Å². The SMILES string of the molecule is Cc1cccc(OCCNC(=O)C(C)C2CNC2)c1. The maximum atomic E-state index is 11.8. The van der Waals surface area contributed by atoms with Gasteiger partial charge in [0.15, 0.2) is 0 Å². The Hall–Kier alpha value is -1.55. The van der Waals surface area contributed by atoms with Crippen molar-refractivity contribution < 1.29 is 9.53 Å². The van der Waals surface area contributed by atoms with Gasteiger partial charge >= 0.3 is 0 Å². The number of rotatable bonds is 6. The van der Waals surface area contributed by atoms with E-state index in [2.05, 4.69) is 10.6 Å². The van der Waals surface area contributed by atoms with Crippen molar-refractivity contribution in [2.75, 3.05) is 26.2 Å². The summed E-state index contributed by atoms with van der Waals surface area (Å²) in [6, 6.07) is 7.92. The maximum absolute atomic E-state index is 11.8. The van der Waals surface area contributed by atoms with E-state index >= 15 is 0 Å². The maximum Gasteiger partial charge on any atom is 0.223 e. The van der Waals surface area contributed by atoms with Crippen molar-refractivity contribution in [3.8, 4) is 5.75 Å². The quantitative estimate of drug-likeness (QED) is 0.761. The van der Waals surface area contributed by atoms with Gasteiger partial charge in [0.2, 0.25) is 5.91 Å². The lowest BCUT2D eigenvalue weighted by Gasteiger charge is -2.31. The number of aryl methyl sites for hydroxylation is 1. The molecule has 0 spiro atoms. The third-order valence-electron chi connectivity index (χ3n) is 3.59. The Labute approximate surface area is 114 Å². The topological polar surface area (TPSA) is 50.4 Å². The second-order valence-corrected chi connectivity index (χ2v) is 5.16. The van der Waals surface area contributed by atoms with Gasteiger partial charge < -0.3 is 15.4 Å². The monoisotopic (exact) mass is 262 g/mol. The van der Waals surface area contributed by atoms with Crippen LogP contribution in [0.2, 0.25) is 0 Å². The number of nitrogens with one attached hydrogen (secondary N) is 2. The smallest absolute Gasteiger partial charge is 0.223 e. The normalized spacial score (nSPS) is 16.5. The lowest BCUT2D eigenvalue weighted by molar-refractivity contribution is -0.126. The highest BCUT2D eigenvalue weighted by Gasteiger charge is 2.28. The van der Waals surface area contributed by atoms with E-state index in [4.69, 9.17) is 4.74 Å². The number of carbonyl (C=O) groups excluding carboxylic acids is 1. The second-order valence-electron chi connectivity index (χ2n) is 5.16. The first kappa shape index (κ1) is 13.9. The molecular weight excluding hydrogens is 240 g/mol. The molecule has 0 aliphatic carbocycles. The molecule has 1 fully saturated rings. The Morgan fingerprint density at radius 3 is 2.95 bits per heavy atom. The molecule has 0 aromatic heterocycles. The molecule has 0 radical (unpaired) electrons. The van der Waals surface area contributed by atoms with Crippen LogP contribution in [-0.4, -0.2) is 32.1 Å². The molecule has 1 aromatic carbocycles. The first-order chi connectivity index (χ1) is 9.16. The molecule has 1 aliphatic heterocycles. The van der Waals surface area contributed by atoms with Crippen LogP contribution < -0.4 is 15.4 Å². The summed E-state index contributed by atoms with van der Waals surface area (Å²) in [6.45, 7) is 6.98. The molecule has 0 bridgehead atoms. The zero-order chi connectivity index (χ0) is 13.7. The van der Waals surface area contributed by atoms with Crippen LogP contribution in [0.15, 0.2) is 24.3 Å². The molecule has 2 rings (SSSR count). The highest BCUT2D eigenvalue weighted by molar-refractivity contribution is 5.78. The van der Waals surface area contributed by atoms with Crippen molar-refractivity contribution in [1.82, 2.24) is 10.6 Å². The molecule has 1 heterocycles. The Bertz CT molecular complexity index is 430. The van der Waals surface area contributed by atoms with Crippen LogP contribution in [0.5, 0.6) is 5.75 Å². The molecule has 1 unspecified atom stereocenters. The summed E-state index contributed by atoms with van der Waals surface area (Å²) in [5, 5.41) is 6.11. The fourth-order valence-electron chi connectivity index (χ4n) is 2.09. The molecule has 4 nitrogen and oxygen atoms in total. The highest BCUT2D eigenvalue weighted by atomic mass is 16.5. The van der Waals surface area contributed by atoms with Crippen molar-refractivity contribution in [2.24, 2.45) is 11.8 Å². The standard InChI is InChI=1S/C15H22N2O2/c1-11-4-3-5-14(8-11)19-7-6-17-15(18)12(2)13-9-16-10-13/h3-5,8,12-13,16H,6-7,9-10H2,1-2H3,(H,17,18). The predicted molar refractivity (Wildman–Crippen MR) is 75.2 cm³/mol. The molecule has 2 N–H and O–H groups in total. The van der Waals surface area contributed by atoms with Gasteiger partial charge in [-0.1, -0.05) is 19.1 Å². The van der Waals surface area contributed by atoms with Crippen LogP contribution in [0.25, 0.3) is 0 Å². The lowest BCUT2D eigenvalue weighted by atomic mass is 9.88. The van der Waals surface area contributed by atoms with Gasteiger partial charge in [-0.15, -0.1) is 0 Å². The van der Waals surface area contributed by atoms with Crippen molar-refractivity contribution in [2.45, 2.75) is 13.8 Å². The van der Waals surface area contributed by atoms with Crippen LogP contribution in [0.3, 0.4) is 0 Å². The zero-order valence-electron chi connectivity index (χ0n) is 11.6. The number of benzene rings is 1. The Kier molecular flexibility index (Phi) is 4.80. The van der Waals surface area contributed by atoms with Gasteiger partial charge in [-0.05, 0) is 43.6 Å². The summed E-state index contributed by atoms with van der Waals surface area (Å²) in [5.74, 6) is 1.54. The first-order valence-electron chi connectivity index (χ1n) is 6.84. The molecule has 104 valence electrons. The molecule has 1 saturated heterocycles. The van der Waals surface area contributed by atoms with Crippen molar-refractivity contribution in [3.05, 3.63) is 29.8 Å². The Balaban J connectivity index is 1.64. The minimum absolute atomic E-state index is 0.0835. The van der Waals surface area contributed by atoms with Gasteiger partial charge in [-0.2, -0.15) is 0 Å². The van der Waals surface area contributed by atoms with Crippen LogP contribution in [-0.2, 0) is 4.79 Å². The average molecular weight is 262 g/mol. The number of ether oxygens (including phenoxy) is 1. The van der Waals surface area contributed by atoms with Gasteiger partial charge in [0.1, 0.15) is 12.4 Å². The fourth-order valence-corrected chi connectivity index (χ4v) is 2.09. The van der Waals surface area contributed by atoms with Gasteiger partial charge in [-0.25, -0.2) is 0 Å². The van der Waals surface area contributed by atoms with E-state index in [1.54, 1.807) is 0 Å². The molecule has 1 aromatic rings. The third kappa shape index (κ3) is 3.96. The molecule has 4 heteroatoms. The van der Waals surface area contributed by atoms with Crippen molar-refractivity contribution >= 4 is 5.91 Å². The van der Waals surface area contributed by atoms with Crippen LogP contribution in [0.1, 0.15) is 12.5 Å². The van der Waals surface area contributed by atoms with E-state index in [0.717, 1.165) is 18.8 Å². The Morgan fingerprint density at radius 2 is 2.32 bits per heavy atom. The largest absolute Gasteiger partial charge is 0.492 e. The van der Waals surface area contributed by atoms with E-state index in [1.807, 2.05) is 38.1 Å². The Morgan fingerprint density at radius 1 is 1.53 bits per heavy atom. The molecule has 0 saturated carbocycles. The summed E-state index contributed by atoms with van der Waals surface area (Å²) in [7, 11) is 0. The highest BCUT2D eigenvalue weighted by Crippen LogP contribution is 2.15. The molecule has 19 heavy (non-hydrogen) atoms. The third-order valence-corrected chi connectivity index (χ3v) is 3.59. The number of hydrogen-bond donors (Lipinski definition) is 2. The van der Waals surface area contributed by atoms with E-state index < -0.39 is 0 Å². The predicted octanol–water partition coefficient (Wildman–Crippen LogP) is 1.35. The van der Waals surface area contributed by atoms with E-state index in [9.17, 15) is 4.79 Å². The van der Waals surface area contributed by atoms with E-state index in [-0.39, 0.29) is 11.8 Å². The number of carbonyl (C=O) groups is 1. The summed E-state index contributed by atoms with van der Waals surface area (Å²) >= 11 is 0. The van der Waals surface area contributed by atoms with Crippen LogP contribution >= 0.6 is 0 Å². The molecule has 1 amide bonds. The van der Waals surface area contributed by atoms with Crippen LogP contribution in [0, 0.1) is 18.8 Å². The van der Waals surface area contributed by atoms with Gasteiger partial charge in [0.25, 0.3) is 0 Å². The molecular formula is C15H22N2O2. The summed E-state index contributed by atoms with van der Waals surface area (Å²) in [4.78, 5) is 11.8.